The molecule has 3 heterocycles. The highest BCUT2D eigenvalue weighted by atomic mass is 16.5. The van der Waals surface area contributed by atoms with Crippen LogP contribution >= 0.6 is 0 Å². The van der Waals surface area contributed by atoms with Gasteiger partial charge in [0.15, 0.2) is 5.69 Å². The third-order valence-electron chi connectivity index (χ3n) is 6.89. The molecule has 1 aromatic carbocycles. The van der Waals surface area contributed by atoms with Crippen LogP contribution in [0.15, 0.2) is 40.9 Å². The first-order chi connectivity index (χ1) is 13.7. The molecule has 0 bridgehead atoms. The van der Waals surface area contributed by atoms with Crippen molar-refractivity contribution in [3.05, 3.63) is 53.4 Å². The molecule has 1 saturated carbocycles. The number of likely N-dealkylation sites (tertiary alicyclic amines) is 2. The average Bonchev–Trinajstić information content (AvgIpc) is 3.50. The highest BCUT2D eigenvalue weighted by molar-refractivity contribution is 5.92. The van der Waals surface area contributed by atoms with E-state index in [1.807, 2.05) is 6.07 Å². The van der Waals surface area contributed by atoms with Crippen molar-refractivity contribution in [3.63, 3.8) is 0 Å². The minimum absolute atomic E-state index is 0.0452. The lowest BCUT2D eigenvalue weighted by Crippen LogP contribution is -2.58. The summed E-state index contributed by atoms with van der Waals surface area (Å²) in [5, 5.41) is 4.16. The van der Waals surface area contributed by atoms with E-state index >= 15 is 0 Å². The molecule has 0 spiro atoms. The van der Waals surface area contributed by atoms with Crippen LogP contribution in [0.1, 0.15) is 72.2 Å². The number of carbonyl (C=O) groups excluding carboxylic acids is 1. The monoisotopic (exact) mass is 379 g/mol. The summed E-state index contributed by atoms with van der Waals surface area (Å²) in [6.45, 7) is 1.89. The van der Waals surface area contributed by atoms with Crippen LogP contribution in [0.25, 0.3) is 0 Å². The third kappa shape index (κ3) is 3.26. The maximum atomic E-state index is 13.5. The zero-order valence-corrected chi connectivity index (χ0v) is 16.6. The fourth-order valence-corrected chi connectivity index (χ4v) is 5.21. The van der Waals surface area contributed by atoms with E-state index in [4.69, 9.17) is 4.52 Å². The Labute approximate surface area is 166 Å². The van der Waals surface area contributed by atoms with Crippen LogP contribution in [0, 0.1) is 0 Å². The molecule has 3 atom stereocenters. The molecule has 2 aromatic rings. The molecule has 3 fully saturated rings. The van der Waals surface area contributed by atoms with E-state index in [0.29, 0.717) is 23.6 Å². The molecule has 1 aliphatic carbocycles. The van der Waals surface area contributed by atoms with Crippen LogP contribution in [0.3, 0.4) is 0 Å². The van der Waals surface area contributed by atoms with E-state index in [-0.39, 0.29) is 11.9 Å². The molecular formula is C23H29N3O2. The lowest BCUT2D eigenvalue weighted by Gasteiger charge is -2.48. The topological polar surface area (TPSA) is 49.6 Å². The molecule has 0 N–H and O–H groups in total. The van der Waals surface area contributed by atoms with Crippen LogP contribution in [0.2, 0.25) is 0 Å². The predicted molar refractivity (Wildman–Crippen MR) is 107 cm³/mol. The Bertz CT molecular complexity index is 829. The standard InChI is InChI=1S/C23H29N3O2/c1-25-14-12-18(16-7-3-2-4-8-16)22-20(25)9-5-6-13-26(22)23(27)19-15-21(28-24-19)17-10-11-17/h2-4,7-8,15,17-18,20,22H,5-6,9-14H2,1H3/t18-,20-,22-/m1/s1. The van der Waals surface area contributed by atoms with E-state index in [0.717, 1.165) is 51.0 Å². The van der Waals surface area contributed by atoms with Crippen molar-refractivity contribution < 1.29 is 9.32 Å². The van der Waals surface area contributed by atoms with Crippen molar-refractivity contribution in [1.82, 2.24) is 15.0 Å². The number of hydrogen-bond acceptors (Lipinski definition) is 4. The first-order valence-corrected chi connectivity index (χ1v) is 10.7. The average molecular weight is 380 g/mol. The highest BCUT2D eigenvalue weighted by Gasteiger charge is 2.44. The van der Waals surface area contributed by atoms with E-state index in [1.165, 1.54) is 12.0 Å². The number of hydrogen-bond donors (Lipinski definition) is 0. The van der Waals surface area contributed by atoms with Gasteiger partial charge in [-0.05, 0) is 51.3 Å². The van der Waals surface area contributed by atoms with E-state index in [2.05, 4.69) is 52.3 Å². The number of aromatic nitrogens is 1. The molecule has 1 aromatic heterocycles. The van der Waals surface area contributed by atoms with E-state index < -0.39 is 0 Å². The first kappa shape index (κ1) is 17.9. The SMILES string of the molecule is CN1CC[C@H](c2ccccc2)[C@@H]2[C@H]1CCCCN2C(=O)c1cc(C2CC2)on1. The largest absolute Gasteiger partial charge is 0.360 e. The van der Waals surface area contributed by atoms with Gasteiger partial charge in [0.1, 0.15) is 5.76 Å². The van der Waals surface area contributed by atoms with Gasteiger partial charge in [-0.25, -0.2) is 0 Å². The van der Waals surface area contributed by atoms with Crippen LogP contribution in [0.4, 0.5) is 0 Å². The molecular weight excluding hydrogens is 350 g/mol. The lowest BCUT2D eigenvalue weighted by atomic mass is 9.79. The van der Waals surface area contributed by atoms with Crippen molar-refractivity contribution in [2.45, 2.75) is 62.4 Å². The summed E-state index contributed by atoms with van der Waals surface area (Å²) in [6, 6.07) is 13.2. The zero-order chi connectivity index (χ0) is 19.1. The van der Waals surface area contributed by atoms with Crippen LogP contribution in [-0.2, 0) is 0 Å². The predicted octanol–water partition coefficient (Wildman–Crippen LogP) is 4.03. The van der Waals surface area contributed by atoms with Gasteiger partial charge >= 0.3 is 0 Å². The van der Waals surface area contributed by atoms with Crippen molar-refractivity contribution in [2.24, 2.45) is 0 Å². The molecule has 5 nitrogen and oxygen atoms in total. The molecule has 0 unspecified atom stereocenters. The van der Waals surface area contributed by atoms with Crippen LogP contribution < -0.4 is 0 Å². The molecule has 2 saturated heterocycles. The minimum atomic E-state index is 0.0452. The van der Waals surface area contributed by atoms with Gasteiger partial charge in [-0.3, -0.25) is 4.79 Å². The van der Waals surface area contributed by atoms with Gasteiger partial charge in [0.25, 0.3) is 5.91 Å². The number of nitrogens with zero attached hydrogens (tertiary/aromatic N) is 3. The van der Waals surface area contributed by atoms with Crippen LogP contribution in [-0.4, -0.2) is 53.1 Å². The summed E-state index contributed by atoms with van der Waals surface area (Å²) < 4.78 is 5.49. The van der Waals surface area contributed by atoms with Crippen LogP contribution in [0.5, 0.6) is 0 Å². The molecule has 28 heavy (non-hydrogen) atoms. The molecule has 0 radical (unpaired) electrons. The Morgan fingerprint density at radius 3 is 2.68 bits per heavy atom. The van der Waals surface area contributed by atoms with Crippen molar-refractivity contribution in [1.29, 1.82) is 0 Å². The molecule has 2 aliphatic heterocycles. The first-order valence-electron chi connectivity index (χ1n) is 10.7. The van der Waals surface area contributed by atoms with Gasteiger partial charge in [0.05, 0.1) is 6.04 Å². The fourth-order valence-electron chi connectivity index (χ4n) is 5.21. The van der Waals surface area contributed by atoms with Crippen molar-refractivity contribution in [2.75, 3.05) is 20.1 Å². The number of fused-ring (bicyclic) bond motifs is 1. The Kier molecular flexibility index (Phi) is 4.71. The number of rotatable bonds is 3. The smallest absolute Gasteiger partial charge is 0.276 e. The quantitative estimate of drug-likeness (QED) is 0.808. The Balaban J connectivity index is 1.49. The second-order valence-corrected chi connectivity index (χ2v) is 8.73. The fraction of sp³-hybridized carbons (Fsp3) is 0.565. The number of carbonyl (C=O) groups is 1. The minimum Gasteiger partial charge on any atom is -0.360 e. The highest BCUT2D eigenvalue weighted by Crippen LogP contribution is 2.41. The van der Waals surface area contributed by atoms with E-state index in [9.17, 15) is 4.79 Å². The number of amides is 1. The summed E-state index contributed by atoms with van der Waals surface area (Å²) in [5.74, 6) is 1.78. The van der Waals surface area contributed by atoms with Crippen molar-refractivity contribution in [3.8, 4) is 0 Å². The normalized spacial score (nSPS) is 28.6. The second kappa shape index (κ2) is 7.36. The maximum absolute atomic E-state index is 13.5. The summed E-state index contributed by atoms with van der Waals surface area (Å²) in [6.07, 6.45) is 6.76. The number of benzene rings is 1. The Hall–Kier alpha value is -2.14. The molecule has 3 aliphatic rings. The molecule has 148 valence electrons. The molecule has 5 rings (SSSR count). The Morgan fingerprint density at radius 2 is 1.89 bits per heavy atom. The van der Waals surface area contributed by atoms with Gasteiger partial charge in [0, 0.05) is 30.5 Å². The summed E-state index contributed by atoms with van der Waals surface area (Å²) in [4.78, 5) is 18.1. The van der Waals surface area contributed by atoms with Gasteiger partial charge < -0.3 is 14.3 Å². The van der Waals surface area contributed by atoms with E-state index in [1.54, 1.807) is 0 Å². The third-order valence-corrected chi connectivity index (χ3v) is 6.89. The second-order valence-electron chi connectivity index (χ2n) is 8.73. The lowest BCUT2D eigenvalue weighted by molar-refractivity contribution is 0.0338. The Morgan fingerprint density at radius 1 is 1.07 bits per heavy atom. The van der Waals surface area contributed by atoms with Crippen molar-refractivity contribution >= 4 is 5.91 Å². The summed E-state index contributed by atoms with van der Waals surface area (Å²) in [7, 11) is 2.22. The van der Waals surface area contributed by atoms with Gasteiger partial charge in [-0.1, -0.05) is 41.9 Å². The van der Waals surface area contributed by atoms with Gasteiger partial charge in [-0.2, -0.15) is 0 Å². The number of piperidine rings is 1. The molecule has 1 amide bonds. The van der Waals surface area contributed by atoms with Gasteiger partial charge in [0.2, 0.25) is 0 Å². The summed E-state index contributed by atoms with van der Waals surface area (Å²) >= 11 is 0. The number of likely N-dealkylation sites (N-methyl/N-ethyl adjacent to an activating group) is 1. The van der Waals surface area contributed by atoms with Gasteiger partial charge in [-0.15, -0.1) is 0 Å². The maximum Gasteiger partial charge on any atom is 0.276 e. The summed E-state index contributed by atoms with van der Waals surface area (Å²) in [5.41, 5.74) is 1.84. The molecule has 5 heteroatoms. The zero-order valence-electron chi connectivity index (χ0n) is 16.6.